The maximum absolute atomic E-state index is 6.10. The maximum Gasteiger partial charge on any atom is 0.0438 e. The van der Waals surface area contributed by atoms with E-state index in [2.05, 4.69) is 30.3 Å². The minimum atomic E-state index is 0.877. The van der Waals surface area contributed by atoms with Crippen molar-refractivity contribution in [3.63, 3.8) is 0 Å². The highest BCUT2D eigenvalue weighted by molar-refractivity contribution is 6.31. The molecule has 0 aliphatic heterocycles. The van der Waals surface area contributed by atoms with E-state index >= 15 is 0 Å². The Bertz CT molecular complexity index is 302. The molecule has 16 heavy (non-hydrogen) atoms. The largest absolute Gasteiger partial charge is 0.316 e. The van der Waals surface area contributed by atoms with Crippen molar-refractivity contribution >= 4 is 11.6 Å². The van der Waals surface area contributed by atoms with Crippen molar-refractivity contribution in [3.05, 3.63) is 34.9 Å². The van der Waals surface area contributed by atoms with Gasteiger partial charge < -0.3 is 10.2 Å². The molecule has 0 fully saturated rings. The van der Waals surface area contributed by atoms with Gasteiger partial charge in [0.2, 0.25) is 0 Å². The van der Waals surface area contributed by atoms with Crippen LogP contribution in [0.5, 0.6) is 0 Å². The predicted octanol–water partition coefficient (Wildman–Crippen LogP) is 2.42. The Kier molecular flexibility index (Phi) is 6.46. The summed E-state index contributed by atoms with van der Waals surface area (Å²) < 4.78 is 0. The van der Waals surface area contributed by atoms with Crippen LogP contribution in [0.3, 0.4) is 0 Å². The van der Waals surface area contributed by atoms with E-state index in [1.165, 1.54) is 5.56 Å². The van der Waals surface area contributed by atoms with E-state index in [0.717, 1.165) is 37.6 Å². The van der Waals surface area contributed by atoms with E-state index in [-0.39, 0.29) is 0 Å². The van der Waals surface area contributed by atoms with Crippen molar-refractivity contribution in [1.29, 1.82) is 0 Å². The summed E-state index contributed by atoms with van der Waals surface area (Å²) in [5.41, 5.74) is 1.24. The summed E-state index contributed by atoms with van der Waals surface area (Å²) in [5.74, 6) is 0. The molecule has 2 nitrogen and oxygen atoms in total. The van der Waals surface area contributed by atoms with Gasteiger partial charge in [0, 0.05) is 24.7 Å². The maximum atomic E-state index is 6.10. The monoisotopic (exact) mass is 240 g/mol. The average molecular weight is 241 g/mol. The lowest BCUT2D eigenvalue weighted by Gasteiger charge is -2.16. The lowest BCUT2D eigenvalue weighted by atomic mass is 10.1. The second kappa shape index (κ2) is 7.66. The zero-order valence-electron chi connectivity index (χ0n) is 10.2. The zero-order chi connectivity index (χ0) is 11.8. The van der Waals surface area contributed by atoms with Gasteiger partial charge in [-0.2, -0.15) is 0 Å². The summed E-state index contributed by atoms with van der Waals surface area (Å²) in [7, 11) is 2.15. The van der Waals surface area contributed by atoms with Gasteiger partial charge in [0.05, 0.1) is 0 Å². The smallest absolute Gasteiger partial charge is 0.0438 e. The Labute approximate surface area is 104 Å². The van der Waals surface area contributed by atoms with Crippen LogP contribution in [-0.4, -0.2) is 38.1 Å². The predicted molar refractivity (Wildman–Crippen MR) is 71.2 cm³/mol. The number of likely N-dealkylation sites (N-methyl/N-ethyl adjacent to an activating group) is 2. The van der Waals surface area contributed by atoms with Crippen LogP contribution in [0.2, 0.25) is 5.02 Å². The van der Waals surface area contributed by atoms with Gasteiger partial charge >= 0.3 is 0 Å². The van der Waals surface area contributed by atoms with Crippen molar-refractivity contribution in [1.82, 2.24) is 10.2 Å². The molecular formula is C13H21ClN2. The molecule has 3 heteroatoms. The molecule has 1 N–H and O–H groups in total. The number of halogens is 1. The number of hydrogen-bond acceptors (Lipinski definition) is 2. The van der Waals surface area contributed by atoms with Gasteiger partial charge in [-0.1, -0.05) is 36.7 Å². The fourth-order valence-corrected chi connectivity index (χ4v) is 1.80. The molecule has 0 amide bonds. The van der Waals surface area contributed by atoms with E-state index in [4.69, 9.17) is 11.6 Å². The molecule has 0 aromatic heterocycles. The van der Waals surface area contributed by atoms with E-state index in [9.17, 15) is 0 Å². The molecule has 0 saturated carbocycles. The Hall–Kier alpha value is -0.570. The van der Waals surface area contributed by atoms with Crippen molar-refractivity contribution in [2.45, 2.75) is 13.3 Å². The molecular weight excluding hydrogens is 220 g/mol. The highest BCUT2D eigenvalue weighted by Crippen LogP contribution is 2.15. The molecule has 0 atom stereocenters. The fourth-order valence-electron chi connectivity index (χ4n) is 1.57. The minimum absolute atomic E-state index is 0.877. The molecule has 1 aromatic rings. The Morgan fingerprint density at radius 1 is 1.25 bits per heavy atom. The second-order valence-electron chi connectivity index (χ2n) is 4.00. The van der Waals surface area contributed by atoms with Crippen LogP contribution in [0.1, 0.15) is 12.5 Å². The quantitative estimate of drug-likeness (QED) is 0.737. The summed E-state index contributed by atoms with van der Waals surface area (Å²) >= 11 is 6.10. The summed E-state index contributed by atoms with van der Waals surface area (Å²) in [6.45, 7) is 6.35. The van der Waals surface area contributed by atoms with Crippen LogP contribution < -0.4 is 5.32 Å². The van der Waals surface area contributed by atoms with Crippen LogP contribution in [0, 0.1) is 0 Å². The van der Waals surface area contributed by atoms with Gasteiger partial charge in [0.25, 0.3) is 0 Å². The number of nitrogens with zero attached hydrogens (tertiary/aromatic N) is 1. The third kappa shape index (κ3) is 4.97. The molecule has 0 spiro atoms. The molecule has 0 heterocycles. The van der Waals surface area contributed by atoms with Crippen LogP contribution in [-0.2, 0) is 6.42 Å². The first-order valence-corrected chi connectivity index (χ1v) is 6.24. The standard InChI is InChI=1S/C13H21ClN2/c1-3-15-9-11-16(2)10-8-12-6-4-5-7-13(12)14/h4-7,15H,3,8-11H2,1-2H3. The molecule has 90 valence electrons. The van der Waals surface area contributed by atoms with Crippen LogP contribution in [0.25, 0.3) is 0 Å². The topological polar surface area (TPSA) is 15.3 Å². The Morgan fingerprint density at radius 2 is 2.00 bits per heavy atom. The summed E-state index contributed by atoms with van der Waals surface area (Å²) in [5, 5.41) is 4.20. The van der Waals surface area contributed by atoms with Gasteiger partial charge in [0.15, 0.2) is 0 Å². The van der Waals surface area contributed by atoms with Crippen molar-refractivity contribution < 1.29 is 0 Å². The van der Waals surface area contributed by atoms with Gasteiger partial charge in [-0.05, 0) is 31.6 Å². The van der Waals surface area contributed by atoms with E-state index < -0.39 is 0 Å². The van der Waals surface area contributed by atoms with Gasteiger partial charge in [-0.25, -0.2) is 0 Å². The van der Waals surface area contributed by atoms with Crippen LogP contribution in [0.15, 0.2) is 24.3 Å². The molecule has 0 aliphatic rings. The molecule has 0 bridgehead atoms. The SMILES string of the molecule is CCNCCN(C)CCc1ccccc1Cl. The highest BCUT2D eigenvalue weighted by atomic mass is 35.5. The molecule has 1 aromatic carbocycles. The third-order valence-electron chi connectivity index (χ3n) is 2.64. The van der Waals surface area contributed by atoms with Crippen molar-refractivity contribution in [2.24, 2.45) is 0 Å². The first kappa shape index (κ1) is 13.5. The minimum Gasteiger partial charge on any atom is -0.316 e. The normalized spacial score (nSPS) is 11.0. The third-order valence-corrected chi connectivity index (χ3v) is 3.01. The zero-order valence-corrected chi connectivity index (χ0v) is 10.9. The van der Waals surface area contributed by atoms with E-state index in [1.54, 1.807) is 0 Å². The Morgan fingerprint density at radius 3 is 2.69 bits per heavy atom. The van der Waals surface area contributed by atoms with Gasteiger partial charge in [-0.3, -0.25) is 0 Å². The number of hydrogen-bond donors (Lipinski definition) is 1. The van der Waals surface area contributed by atoms with Gasteiger partial charge in [0.1, 0.15) is 0 Å². The van der Waals surface area contributed by atoms with E-state index in [0.29, 0.717) is 0 Å². The molecule has 0 unspecified atom stereocenters. The molecule has 1 rings (SSSR count). The van der Waals surface area contributed by atoms with Crippen LogP contribution >= 0.6 is 11.6 Å². The average Bonchev–Trinajstić information content (AvgIpc) is 2.28. The number of nitrogens with one attached hydrogen (secondary N) is 1. The Balaban J connectivity index is 2.26. The summed E-state index contributed by atoms with van der Waals surface area (Å²) in [6.07, 6.45) is 1.02. The number of rotatable bonds is 7. The molecule has 0 aliphatic carbocycles. The van der Waals surface area contributed by atoms with Crippen molar-refractivity contribution in [3.8, 4) is 0 Å². The first-order chi connectivity index (χ1) is 7.74. The summed E-state index contributed by atoms with van der Waals surface area (Å²) in [4.78, 5) is 2.33. The van der Waals surface area contributed by atoms with Crippen LogP contribution in [0.4, 0.5) is 0 Å². The molecule has 0 radical (unpaired) electrons. The first-order valence-electron chi connectivity index (χ1n) is 5.86. The lowest BCUT2D eigenvalue weighted by Crippen LogP contribution is -2.30. The van der Waals surface area contributed by atoms with Crippen molar-refractivity contribution in [2.75, 3.05) is 33.2 Å². The fraction of sp³-hybridized carbons (Fsp3) is 0.538. The van der Waals surface area contributed by atoms with Gasteiger partial charge in [-0.15, -0.1) is 0 Å². The lowest BCUT2D eigenvalue weighted by molar-refractivity contribution is 0.337. The highest BCUT2D eigenvalue weighted by Gasteiger charge is 2.01. The summed E-state index contributed by atoms with van der Waals surface area (Å²) in [6, 6.07) is 8.07. The van der Waals surface area contributed by atoms with E-state index in [1.807, 2.05) is 18.2 Å². The second-order valence-corrected chi connectivity index (χ2v) is 4.41. The molecule has 0 saturated heterocycles. The number of benzene rings is 1.